The molecule has 0 aliphatic carbocycles. The second-order valence-electron chi connectivity index (χ2n) is 1.24. The summed E-state index contributed by atoms with van der Waals surface area (Å²) < 4.78 is 16.6. The highest BCUT2D eigenvalue weighted by Gasteiger charge is 2.00. The van der Waals surface area contributed by atoms with Crippen LogP contribution >= 0.6 is 0 Å². The van der Waals surface area contributed by atoms with Gasteiger partial charge in [0.15, 0.2) is 0 Å². The normalized spacial score (nSPS) is 9.25. The first-order chi connectivity index (χ1) is 3.84. The minimum atomic E-state index is -0.465. The van der Waals surface area contributed by atoms with E-state index in [9.17, 15) is 4.39 Å². The van der Waals surface area contributed by atoms with Crippen molar-refractivity contribution in [1.29, 1.82) is 0 Å². The van der Waals surface area contributed by atoms with Gasteiger partial charge in [-0.1, -0.05) is 0 Å². The Morgan fingerprint density at radius 1 is 1.88 bits per heavy atom. The molecule has 1 aromatic rings. The van der Waals surface area contributed by atoms with Crippen molar-refractivity contribution in [2.24, 2.45) is 0 Å². The van der Waals surface area contributed by atoms with E-state index in [0.717, 1.165) is 6.20 Å². The Balaban J connectivity index is 2.92. The third-order valence-corrected chi connectivity index (χ3v) is 0.755. The van der Waals surface area contributed by atoms with E-state index in [-0.39, 0.29) is 5.88 Å². The van der Waals surface area contributed by atoms with Gasteiger partial charge >= 0.3 is 0 Å². The zero-order chi connectivity index (χ0) is 5.98. The van der Waals surface area contributed by atoms with E-state index in [1.807, 2.05) is 0 Å². The number of H-pyrrole nitrogens is 1. The van der Waals surface area contributed by atoms with E-state index in [2.05, 4.69) is 14.9 Å². The molecule has 3 nitrogen and oxygen atoms in total. The molecule has 8 heavy (non-hydrogen) atoms. The van der Waals surface area contributed by atoms with Crippen molar-refractivity contribution in [2.45, 2.75) is 0 Å². The molecule has 1 heterocycles. The quantitative estimate of drug-likeness (QED) is 0.582. The predicted octanol–water partition coefficient (Wildman–Crippen LogP) is 0.557. The second-order valence-corrected chi connectivity index (χ2v) is 1.24. The smallest absolute Gasteiger partial charge is 0.268 e. The zero-order valence-corrected chi connectivity index (χ0v) is 4.31. The highest BCUT2D eigenvalue weighted by molar-refractivity contribution is 5.07. The highest BCUT2D eigenvalue weighted by atomic mass is 19.1. The summed E-state index contributed by atoms with van der Waals surface area (Å²) in [5.41, 5.74) is 0. The number of rotatable bonds is 1. The predicted molar refractivity (Wildman–Crippen MR) is 25.1 cm³/mol. The molecule has 0 aromatic carbocycles. The molecule has 0 saturated heterocycles. The summed E-state index contributed by atoms with van der Waals surface area (Å²) >= 11 is 0. The first-order valence-electron chi connectivity index (χ1n) is 2.08. The fourth-order valence-corrected chi connectivity index (χ4v) is 0.406. The molecular formula is C4H5FN2O. The van der Waals surface area contributed by atoms with Crippen molar-refractivity contribution in [1.82, 2.24) is 10.2 Å². The fraction of sp³-hybridized carbons (Fsp3) is 0.250. The van der Waals surface area contributed by atoms with Gasteiger partial charge in [0.25, 0.3) is 5.88 Å². The Bertz CT molecular complexity index is 174. The van der Waals surface area contributed by atoms with Crippen LogP contribution in [-0.4, -0.2) is 17.3 Å². The van der Waals surface area contributed by atoms with Crippen molar-refractivity contribution in [3.63, 3.8) is 0 Å². The molecule has 0 aliphatic heterocycles. The maximum Gasteiger partial charge on any atom is 0.268 e. The van der Waals surface area contributed by atoms with Crippen molar-refractivity contribution in [3.05, 3.63) is 12.0 Å². The maximum atomic E-state index is 12.1. The van der Waals surface area contributed by atoms with Crippen LogP contribution < -0.4 is 4.74 Å². The second kappa shape index (κ2) is 1.81. The van der Waals surface area contributed by atoms with Crippen molar-refractivity contribution in [2.75, 3.05) is 7.11 Å². The molecule has 0 spiro atoms. The number of hydrogen-bond donors (Lipinski definition) is 1. The Morgan fingerprint density at radius 2 is 2.62 bits per heavy atom. The van der Waals surface area contributed by atoms with Gasteiger partial charge in [0.1, 0.15) is 0 Å². The van der Waals surface area contributed by atoms with Crippen molar-refractivity contribution >= 4 is 0 Å². The minimum Gasteiger partial charge on any atom is -0.478 e. The number of hydrogen-bond acceptors (Lipinski definition) is 2. The van der Waals surface area contributed by atoms with Gasteiger partial charge in [0.05, 0.1) is 13.3 Å². The van der Waals surface area contributed by atoms with E-state index in [0.29, 0.717) is 0 Å². The Kier molecular flexibility index (Phi) is 1.15. The summed E-state index contributed by atoms with van der Waals surface area (Å²) in [5.74, 6) is -0.461. The molecule has 0 radical (unpaired) electrons. The summed E-state index contributed by atoms with van der Waals surface area (Å²) in [4.78, 5) is 0. The number of halogens is 1. The molecule has 1 N–H and O–H groups in total. The fourth-order valence-electron chi connectivity index (χ4n) is 0.406. The molecule has 44 valence electrons. The monoisotopic (exact) mass is 116 g/mol. The number of aromatic nitrogens is 2. The summed E-state index contributed by atoms with van der Waals surface area (Å²) in [7, 11) is 1.36. The van der Waals surface area contributed by atoms with Gasteiger partial charge in [0, 0.05) is 0 Å². The van der Waals surface area contributed by atoms with Crippen molar-refractivity contribution < 1.29 is 9.13 Å². The van der Waals surface area contributed by atoms with Gasteiger partial charge in [-0.05, 0) is 0 Å². The number of ether oxygens (including phenoxy) is 1. The van der Waals surface area contributed by atoms with Crippen LogP contribution in [0.5, 0.6) is 5.88 Å². The molecule has 1 rings (SSSR count). The van der Waals surface area contributed by atoms with Crippen LogP contribution in [-0.2, 0) is 0 Å². The number of aromatic amines is 1. The van der Waals surface area contributed by atoms with Crippen LogP contribution in [0.3, 0.4) is 0 Å². The molecule has 0 bridgehead atoms. The van der Waals surface area contributed by atoms with Gasteiger partial charge < -0.3 is 4.74 Å². The lowest BCUT2D eigenvalue weighted by atomic mass is 10.7. The third-order valence-electron chi connectivity index (χ3n) is 0.755. The molecule has 0 aliphatic rings. The number of nitrogens with zero attached hydrogens (tertiary/aromatic N) is 1. The van der Waals surface area contributed by atoms with E-state index in [1.54, 1.807) is 0 Å². The van der Waals surface area contributed by atoms with Crippen LogP contribution in [0.15, 0.2) is 6.20 Å². The van der Waals surface area contributed by atoms with Gasteiger partial charge in [-0.15, -0.1) is 5.10 Å². The first-order valence-corrected chi connectivity index (χ1v) is 2.08. The van der Waals surface area contributed by atoms with Gasteiger partial charge in [0.2, 0.25) is 5.82 Å². The molecule has 1 aromatic heterocycles. The standard InChI is InChI=1S/C4H5FN2O/c1-8-4-3(5)2-6-7-4/h2H,1H3,(H,6,7). The SMILES string of the molecule is COc1n[nH]cc1F. The van der Waals surface area contributed by atoms with Crippen molar-refractivity contribution in [3.8, 4) is 5.88 Å². The van der Waals surface area contributed by atoms with Crippen LogP contribution in [0.25, 0.3) is 0 Å². The van der Waals surface area contributed by atoms with Gasteiger partial charge in [-0.2, -0.15) is 4.39 Å². The Morgan fingerprint density at radius 3 is 2.88 bits per heavy atom. The van der Waals surface area contributed by atoms with E-state index in [1.165, 1.54) is 7.11 Å². The van der Waals surface area contributed by atoms with Gasteiger partial charge in [-0.3, -0.25) is 5.10 Å². The third kappa shape index (κ3) is 0.641. The summed E-state index contributed by atoms with van der Waals surface area (Å²) in [6, 6.07) is 0. The van der Waals surface area contributed by atoms with E-state index < -0.39 is 5.82 Å². The van der Waals surface area contributed by atoms with Crippen LogP contribution in [0.2, 0.25) is 0 Å². The van der Waals surface area contributed by atoms with Crippen LogP contribution in [0.1, 0.15) is 0 Å². The lowest BCUT2D eigenvalue weighted by molar-refractivity contribution is 0.372. The highest BCUT2D eigenvalue weighted by Crippen LogP contribution is 2.08. The average molecular weight is 116 g/mol. The Hall–Kier alpha value is -1.06. The minimum absolute atomic E-state index is 0.00463. The molecular weight excluding hydrogens is 111 g/mol. The van der Waals surface area contributed by atoms with Crippen LogP contribution in [0.4, 0.5) is 4.39 Å². The van der Waals surface area contributed by atoms with Gasteiger partial charge in [-0.25, -0.2) is 0 Å². The molecule has 0 amide bonds. The summed E-state index contributed by atoms with van der Waals surface area (Å²) in [6.45, 7) is 0. The molecule has 0 saturated carbocycles. The van der Waals surface area contributed by atoms with E-state index >= 15 is 0 Å². The molecule has 4 heteroatoms. The lowest BCUT2D eigenvalue weighted by Gasteiger charge is -1.87. The topological polar surface area (TPSA) is 37.9 Å². The first kappa shape index (κ1) is 5.08. The molecule has 0 fully saturated rings. The zero-order valence-electron chi connectivity index (χ0n) is 4.31. The lowest BCUT2D eigenvalue weighted by Crippen LogP contribution is -1.83. The summed E-state index contributed by atoms with van der Waals surface area (Å²) in [5, 5.41) is 5.71. The molecule has 0 atom stereocenters. The number of methoxy groups -OCH3 is 1. The maximum absolute atomic E-state index is 12.1. The van der Waals surface area contributed by atoms with Crippen LogP contribution in [0, 0.1) is 5.82 Å². The molecule has 0 unspecified atom stereocenters. The Labute approximate surface area is 45.5 Å². The number of nitrogens with one attached hydrogen (secondary N) is 1. The average Bonchev–Trinajstić information content (AvgIpc) is 2.14. The summed E-state index contributed by atoms with van der Waals surface area (Å²) in [6.07, 6.45) is 1.12. The largest absolute Gasteiger partial charge is 0.478 e. The van der Waals surface area contributed by atoms with E-state index in [4.69, 9.17) is 0 Å².